The molecule has 0 aromatic heterocycles. The predicted octanol–water partition coefficient (Wildman–Crippen LogP) is 1.33. The standard InChI is InChI=1S/C13H26N2O3/c1-10(2)13(18)14-7-9-15(11(3)4)8-5-6-12(16)17/h10-11H,5-9H2,1-4H3,(H,14,18)(H,16,17). The number of hydrogen-bond acceptors (Lipinski definition) is 3. The minimum Gasteiger partial charge on any atom is -0.481 e. The highest BCUT2D eigenvalue weighted by Crippen LogP contribution is 2.01. The van der Waals surface area contributed by atoms with Crippen molar-refractivity contribution < 1.29 is 14.7 Å². The third kappa shape index (κ3) is 8.06. The molecule has 0 radical (unpaired) electrons. The largest absolute Gasteiger partial charge is 0.481 e. The molecule has 0 saturated heterocycles. The topological polar surface area (TPSA) is 69.6 Å². The van der Waals surface area contributed by atoms with Crippen LogP contribution in [0.3, 0.4) is 0 Å². The molecule has 0 unspecified atom stereocenters. The molecule has 0 heterocycles. The molecule has 5 nitrogen and oxygen atoms in total. The lowest BCUT2D eigenvalue weighted by molar-refractivity contribution is -0.137. The highest BCUT2D eigenvalue weighted by Gasteiger charge is 2.11. The van der Waals surface area contributed by atoms with Gasteiger partial charge in [0, 0.05) is 31.5 Å². The molecule has 0 aliphatic heterocycles. The SMILES string of the molecule is CC(C)C(=O)NCCN(CCCC(=O)O)C(C)C. The molecule has 0 spiro atoms. The van der Waals surface area contributed by atoms with E-state index in [0.717, 1.165) is 13.1 Å². The van der Waals surface area contributed by atoms with Crippen molar-refractivity contribution in [3.05, 3.63) is 0 Å². The molecule has 2 N–H and O–H groups in total. The van der Waals surface area contributed by atoms with E-state index in [4.69, 9.17) is 5.11 Å². The average molecular weight is 258 g/mol. The number of carboxylic acids is 1. The fourth-order valence-corrected chi connectivity index (χ4v) is 1.59. The summed E-state index contributed by atoms with van der Waals surface area (Å²) < 4.78 is 0. The van der Waals surface area contributed by atoms with Crippen molar-refractivity contribution in [2.45, 2.75) is 46.6 Å². The molecule has 0 aliphatic carbocycles. The Morgan fingerprint density at radius 3 is 2.22 bits per heavy atom. The number of amides is 1. The third-order valence-corrected chi connectivity index (χ3v) is 2.79. The van der Waals surface area contributed by atoms with Crippen LogP contribution >= 0.6 is 0 Å². The van der Waals surface area contributed by atoms with Crippen molar-refractivity contribution in [1.29, 1.82) is 0 Å². The first kappa shape index (κ1) is 16.9. The van der Waals surface area contributed by atoms with Crippen molar-refractivity contribution in [3.63, 3.8) is 0 Å². The van der Waals surface area contributed by atoms with E-state index in [1.165, 1.54) is 0 Å². The lowest BCUT2D eigenvalue weighted by Crippen LogP contribution is -2.40. The number of carbonyl (C=O) groups excluding carboxylic acids is 1. The molecule has 0 aliphatic rings. The molecular weight excluding hydrogens is 232 g/mol. The van der Waals surface area contributed by atoms with E-state index in [1.54, 1.807) is 0 Å². The summed E-state index contributed by atoms with van der Waals surface area (Å²) >= 11 is 0. The molecule has 5 heteroatoms. The van der Waals surface area contributed by atoms with Gasteiger partial charge in [-0.2, -0.15) is 0 Å². The first-order valence-electron chi connectivity index (χ1n) is 6.58. The molecule has 0 atom stereocenters. The lowest BCUT2D eigenvalue weighted by atomic mass is 10.2. The van der Waals surface area contributed by atoms with Crippen molar-refractivity contribution in [3.8, 4) is 0 Å². The monoisotopic (exact) mass is 258 g/mol. The van der Waals surface area contributed by atoms with E-state index in [-0.39, 0.29) is 18.2 Å². The second-order valence-corrected chi connectivity index (χ2v) is 5.07. The average Bonchev–Trinajstić information content (AvgIpc) is 2.25. The summed E-state index contributed by atoms with van der Waals surface area (Å²) in [5, 5.41) is 11.5. The number of nitrogens with one attached hydrogen (secondary N) is 1. The summed E-state index contributed by atoms with van der Waals surface area (Å²) in [6, 6.07) is 0.356. The van der Waals surface area contributed by atoms with E-state index in [2.05, 4.69) is 24.1 Å². The summed E-state index contributed by atoms with van der Waals surface area (Å²) in [5.41, 5.74) is 0. The molecule has 0 aromatic rings. The highest BCUT2D eigenvalue weighted by molar-refractivity contribution is 5.77. The normalized spacial score (nSPS) is 11.3. The van der Waals surface area contributed by atoms with E-state index in [1.807, 2.05) is 13.8 Å². The zero-order valence-electron chi connectivity index (χ0n) is 11.9. The second kappa shape index (κ2) is 8.91. The maximum absolute atomic E-state index is 11.4. The van der Waals surface area contributed by atoms with E-state index >= 15 is 0 Å². The van der Waals surface area contributed by atoms with Crippen LogP contribution in [0.2, 0.25) is 0 Å². The lowest BCUT2D eigenvalue weighted by Gasteiger charge is -2.26. The maximum Gasteiger partial charge on any atom is 0.303 e. The fourth-order valence-electron chi connectivity index (χ4n) is 1.59. The summed E-state index contributed by atoms with van der Waals surface area (Å²) in [6.07, 6.45) is 0.840. The predicted molar refractivity (Wildman–Crippen MR) is 71.4 cm³/mol. The highest BCUT2D eigenvalue weighted by atomic mass is 16.4. The Labute approximate surface area is 110 Å². The number of rotatable bonds is 9. The number of carbonyl (C=O) groups is 2. The molecule has 0 aromatic carbocycles. The van der Waals surface area contributed by atoms with Gasteiger partial charge in [0.25, 0.3) is 0 Å². The maximum atomic E-state index is 11.4. The summed E-state index contributed by atoms with van der Waals surface area (Å²) in [6.45, 7) is 10.0. The van der Waals surface area contributed by atoms with Gasteiger partial charge in [0.1, 0.15) is 0 Å². The summed E-state index contributed by atoms with van der Waals surface area (Å²) in [4.78, 5) is 24.0. The number of hydrogen-bond donors (Lipinski definition) is 2. The number of nitrogens with zero attached hydrogens (tertiary/aromatic N) is 1. The molecule has 18 heavy (non-hydrogen) atoms. The van der Waals surface area contributed by atoms with Gasteiger partial charge >= 0.3 is 5.97 Å². The smallest absolute Gasteiger partial charge is 0.303 e. The van der Waals surface area contributed by atoms with Gasteiger partial charge in [-0.1, -0.05) is 13.8 Å². The minimum atomic E-state index is -0.758. The van der Waals surface area contributed by atoms with Gasteiger partial charge in [-0.15, -0.1) is 0 Å². The molecule has 0 saturated carbocycles. The van der Waals surface area contributed by atoms with E-state index < -0.39 is 5.97 Å². The molecular formula is C13H26N2O3. The van der Waals surface area contributed by atoms with E-state index in [0.29, 0.717) is 19.0 Å². The Kier molecular flexibility index (Phi) is 8.37. The van der Waals surface area contributed by atoms with Crippen LogP contribution in [0.4, 0.5) is 0 Å². The Morgan fingerprint density at radius 2 is 1.78 bits per heavy atom. The fraction of sp³-hybridized carbons (Fsp3) is 0.846. The minimum absolute atomic E-state index is 0.00418. The van der Waals surface area contributed by atoms with Gasteiger partial charge < -0.3 is 10.4 Å². The van der Waals surface area contributed by atoms with Crippen molar-refractivity contribution in [2.24, 2.45) is 5.92 Å². The van der Waals surface area contributed by atoms with Crippen molar-refractivity contribution >= 4 is 11.9 Å². The Morgan fingerprint density at radius 1 is 1.17 bits per heavy atom. The van der Waals surface area contributed by atoms with Crippen LogP contribution in [0.1, 0.15) is 40.5 Å². The zero-order chi connectivity index (χ0) is 14.1. The first-order valence-corrected chi connectivity index (χ1v) is 6.58. The van der Waals surface area contributed by atoms with Crippen LogP contribution in [0.15, 0.2) is 0 Å². The van der Waals surface area contributed by atoms with Gasteiger partial charge in [-0.25, -0.2) is 0 Å². The molecule has 0 rings (SSSR count). The Balaban J connectivity index is 3.90. The Bertz CT molecular complexity index is 265. The summed E-state index contributed by atoms with van der Waals surface area (Å²) in [7, 11) is 0. The third-order valence-electron chi connectivity index (χ3n) is 2.79. The second-order valence-electron chi connectivity index (χ2n) is 5.07. The molecule has 1 amide bonds. The van der Waals surface area contributed by atoms with E-state index in [9.17, 15) is 9.59 Å². The van der Waals surface area contributed by atoms with Crippen LogP contribution in [0.25, 0.3) is 0 Å². The first-order chi connectivity index (χ1) is 8.34. The summed E-state index contributed by atoms with van der Waals surface area (Å²) in [5.74, 6) is -0.694. The Hall–Kier alpha value is -1.10. The van der Waals surface area contributed by atoms with Gasteiger partial charge in [-0.3, -0.25) is 14.5 Å². The van der Waals surface area contributed by atoms with Crippen LogP contribution in [0.5, 0.6) is 0 Å². The van der Waals surface area contributed by atoms with Crippen LogP contribution in [-0.4, -0.2) is 47.6 Å². The molecule has 0 fully saturated rings. The zero-order valence-corrected chi connectivity index (χ0v) is 11.9. The van der Waals surface area contributed by atoms with Gasteiger partial charge in [0.05, 0.1) is 0 Å². The van der Waals surface area contributed by atoms with Gasteiger partial charge in [0.2, 0.25) is 5.91 Å². The van der Waals surface area contributed by atoms with Gasteiger partial charge in [-0.05, 0) is 26.8 Å². The number of carboxylic acid groups (broad SMARTS) is 1. The van der Waals surface area contributed by atoms with Gasteiger partial charge in [0.15, 0.2) is 0 Å². The van der Waals surface area contributed by atoms with Crippen LogP contribution in [0, 0.1) is 5.92 Å². The van der Waals surface area contributed by atoms with Crippen molar-refractivity contribution in [1.82, 2.24) is 10.2 Å². The molecule has 0 bridgehead atoms. The quantitative estimate of drug-likeness (QED) is 0.654. The van der Waals surface area contributed by atoms with Crippen molar-refractivity contribution in [2.75, 3.05) is 19.6 Å². The molecule has 106 valence electrons. The number of aliphatic carboxylic acids is 1. The van der Waals surface area contributed by atoms with Crippen LogP contribution < -0.4 is 5.32 Å². The van der Waals surface area contributed by atoms with Crippen LogP contribution in [-0.2, 0) is 9.59 Å².